The van der Waals surface area contributed by atoms with E-state index in [1.807, 2.05) is 30.3 Å². The van der Waals surface area contributed by atoms with Crippen LogP contribution in [0.4, 0.5) is 13.2 Å². The van der Waals surface area contributed by atoms with E-state index in [0.29, 0.717) is 18.1 Å². The van der Waals surface area contributed by atoms with Gasteiger partial charge in [0.2, 0.25) is 0 Å². The molecule has 2 rings (SSSR count). The second-order valence-corrected chi connectivity index (χ2v) is 4.92. The number of aliphatic imine (C=N–C) groups is 1. The zero-order chi connectivity index (χ0) is 17.4. The Bertz CT molecular complexity index is 678. The Kier molecular flexibility index (Phi) is 8.53. The number of guanidine groups is 1. The first-order valence-electron chi connectivity index (χ1n) is 7.30. The maximum atomic E-state index is 12.4. The molecule has 0 aliphatic heterocycles. The normalized spacial score (nSPS) is 11.4. The van der Waals surface area contributed by atoms with Gasteiger partial charge in [0.05, 0.1) is 0 Å². The SMILES string of the molecule is CN=C(NCc1ccccc1)NCc1ccccc1OC(F)(F)F.I. The van der Waals surface area contributed by atoms with Crippen molar-refractivity contribution in [1.29, 1.82) is 0 Å². The number of hydrogen-bond donors (Lipinski definition) is 2. The number of hydrogen-bond acceptors (Lipinski definition) is 2. The summed E-state index contributed by atoms with van der Waals surface area (Å²) in [7, 11) is 1.60. The Morgan fingerprint density at radius 3 is 2.20 bits per heavy atom. The molecule has 0 aliphatic carbocycles. The molecule has 0 radical (unpaired) electrons. The van der Waals surface area contributed by atoms with E-state index in [-0.39, 0.29) is 36.3 Å². The summed E-state index contributed by atoms with van der Waals surface area (Å²) in [5, 5.41) is 6.07. The molecule has 4 nitrogen and oxygen atoms in total. The number of para-hydroxylation sites is 1. The highest BCUT2D eigenvalue weighted by Crippen LogP contribution is 2.25. The van der Waals surface area contributed by atoms with Crippen molar-refractivity contribution in [2.24, 2.45) is 4.99 Å². The van der Waals surface area contributed by atoms with Gasteiger partial charge in [0.1, 0.15) is 5.75 Å². The van der Waals surface area contributed by atoms with E-state index in [1.54, 1.807) is 19.2 Å². The predicted molar refractivity (Wildman–Crippen MR) is 102 cm³/mol. The summed E-state index contributed by atoms with van der Waals surface area (Å²) in [5.74, 6) is 0.261. The van der Waals surface area contributed by atoms with Crippen LogP contribution < -0.4 is 15.4 Å². The van der Waals surface area contributed by atoms with E-state index in [0.717, 1.165) is 5.56 Å². The van der Waals surface area contributed by atoms with Crippen LogP contribution in [0, 0.1) is 0 Å². The van der Waals surface area contributed by atoms with E-state index in [1.165, 1.54) is 12.1 Å². The minimum Gasteiger partial charge on any atom is -0.405 e. The van der Waals surface area contributed by atoms with Crippen LogP contribution in [0.2, 0.25) is 0 Å². The topological polar surface area (TPSA) is 45.7 Å². The van der Waals surface area contributed by atoms with Crippen molar-refractivity contribution in [3.8, 4) is 5.75 Å². The van der Waals surface area contributed by atoms with Crippen LogP contribution in [-0.2, 0) is 13.1 Å². The Balaban J connectivity index is 0.00000312. The van der Waals surface area contributed by atoms with Gasteiger partial charge in [-0.2, -0.15) is 0 Å². The third kappa shape index (κ3) is 7.63. The summed E-state index contributed by atoms with van der Waals surface area (Å²) >= 11 is 0. The van der Waals surface area contributed by atoms with Crippen LogP contribution in [-0.4, -0.2) is 19.4 Å². The van der Waals surface area contributed by atoms with E-state index in [4.69, 9.17) is 0 Å². The first-order valence-corrected chi connectivity index (χ1v) is 7.30. The van der Waals surface area contributed by atoms with E-state index in [2.05, 4.69) is 20.4 Å². The summed E-state index contributed by atoms with van der Waals surface area (Å²) in [5.41, 5.74) is 1.46. The average molecular weight is 465 g/mol. The van der Waals surface area contributed by atoms with E-state index < -0.39 is 6.36 Å². The highest BCUT2D eigenvalue weighted by molar-refractivity contribution is 14.0. The Morgan fingerprint density at radius 1 is 0.960 bits per heavy atom. The van der Waals surface area contributed by atoms with Gasteiger partial charge in [-0.15, -0.1) is 37.1 Å². The van der Waals surface area contributed by atoms with Gasteiger partial charge in [-0.1, -0.05) is 48.5 Å². The summed E-state index contributed by atoms with van der Waals surface area (Å²) in [6, 6.07) is 15.7. The van der Waals surface area contributed by atoms with Crippen LogP contribution in [0.3, 0.4) is 0 Å². The zero-order valence-electron chi connectivity index (χ0n) is 13.5. The molecular weight excluding hydrogens is 446 g/mol. The number of alkyl halides is 3. The molecule has 8 heteroatoms. The van der Waals surface area contributed by atoms with Gasteiger partial charge in [0.15, 0.2) is 5.96 Å². The number of nitrogens with one attached hydrogen (secondary N) is 2. The average Bonchev–Trinajstić information content (AvgIpc) is 2.56. The van der Waals surface area contributed by atoms with Gasteiger partial charge in [0, 0.05) is 25.7 Å². The number of benzene rings is 2. The summed E-state index contributed by atoms with van der Waals surface area (Å²) in [4.78, 5) is 4.05. The molecule has 0 spiro atoms. The molecule has 0 aromatic heterocycles. The lowest BCUT2D eigenvalue weighted by Crippen LogP contribution is -2.36. The summed E-state index contributed by atoms with van der Waals surface area (Å²) in [6.07, 6.45) is -4.72. The van der Waals surface area contributed by atoms with Crippen molar-refractivity contribution in [1.82, 2.24) is 10.6 Å². The molecule has 2 N–H and O–H groups in total. The minimum atomic E-state index is -4.72. The van der Waals surface area contributed by atoms with Crippen LogP contribution in [0.5, 0.6) is 5.75 Å². The van der Waals surface area contributed by atoms with Crippen molar-refractivity contribution >= 4 is 29.9 Å². The van der Waals surface area contributed by atoms with Crippen molar-refractivity contribution in [2.75, 3.05) is 7.05 Å². The molecule has 0 aliphatic rings. The molecule has 25 heavy (non-hydrogen) atoms. The largest absolute Gasteiger partial charge is 0.573 e. The third-order valence-electron chi connectivity index (χ3n) is 3.17. The third-order valence-corrected chi connectivity index (χ3v) is 3.17. The van der Waals surface area contributed by atoms with Gasteiger partial charge < -0.3 is 15.4 Å². The predicted octanol–water partition coefficient (Wildman–Crippen LogP) is 4.07. The number of ether oxygens (including phenoxy) is 1. The standard InChI is InChI=1S/C17H18F3N3O.HI/c1-21-16(22-11-13-7-3-2-4-8-13)23-12-14-9-5-6-10-15(14)24-17(18,19)20;/h2-10H,11-12H2,1H3,(H2,21,22,23);1H. The lowest BCUT2D eigenvalue weighted by molar-refractivity contribution is -0.274. The van der Waals surface area contributed by atoms with Gasteiger partial charge in [-0.3, -0.25) is 4.99 Å². The monoisotopic (exact) mass is 465 g/mol. The molecule has 0 fully saturated rings. The first-order chi connectivity index (χ1) is 11.5. The van der Waals surface area contributed by atoms with Gasteiger partial charge in [-0.25, -0.2) is 0 Å². The molecule has 136 valence electrons. The van der Waals surface area contributed by atoms with E-state index in [9.17, 15) is 13.2 Å². The van der Waals surface area contributed by atoms with Crippen molar-refractivity contribution < 1.29 is 17.9 Å². The Labute approximate surface area is 161 Å². The number of rotatable bonds is 5. The van der Waals surface area contributed by atoms with Gasteiger partial charge in [-0.05, 0) is 11.6 Å². The Morgan fingerprint density at radius 2 is 1.56 bits per heavy atom. The van der Waals surface area contributed by atoms with Crippen molar-refractivity contribution in [2.45, 2.75) is 19.5 Å². The summed E-state index contributed by atoms with van der Waals surface area (Å²) in [6.45, 7) is 0.710. The molecular formula is C17H19F3IN3O. The van der Waals surface area contributed by atoms with Gasteiger partial charge >= 0.3 is 6.36 Å². The molecule has 0 bridgehead atoms. The number of halogens is 4. The summed E-state index contributed by atoms with van der Waals surface area (Å²) < 4.78 is 41.3. The fourth-order valence-corrected chi connectivity index (χ4v) is 2.06. The fourth-order valence-electron chi connectivity index (χ4n) is 2.06. The molecule has 0 unspecified atom stereocenters. The molecule has 0 amide bonds. The lowest BCUT2D eigenvalue weighted by Gasteiger charge is -2.15. The second kappa shape index (κ2) is 10.1. The van der Waals surface area contributed by atoms with Gasteiger partial charge in [0.25, 0.3) is 0 Å². The molecule has 0 saturated heterocycles. The first kappa shape index (κ1) is 21.1. The van der Waals surface area contributed by atoms with Crippen molar-refractivity contribution in [3.63, 3.8) is 0 Å². The second-order valence-electron chi connectivity index (χ2n) is 4.92. The maximum absolute atomic E-state index is 12.4. The number of nitrogens with zero attached hydrogens (tertiary/aromatic N) is 1. The highest BCUT2D eigenvalue weighted by atomic mass is 127. The molecule has 0 atom stereocenters. The van der Waals surface area contributed by atoms with Crippen LogP contribution >= 0.6 is 24.0 Å². The maximum Gasteiger partial charge on any atom is 0.573 e. The van der Waals surface area contributed by atoms with Crippen molar-refractivity contribution in [3.05, 3.63) is 65.7 Å². The zero-order valence-corrected chi connectivity index (χ0v) is 15.8. The smallest absolute Gasteiger partial charge is 0.405 e. The fraction of sp³-hybridized carbons (Fsp3) is 0.235. The Hall–Kier alpha value is -1.97. The molecule has 2 aromatic carbocycles. The molecule has 0 heterocycles. The van der Waals surface area contributed by atoms with Crippen LogP contribution in [0.15, 0.2) is 59.6 Å². The minimum absolute atomic E-state index is 0. The van der Waals surface area contributed by atoms with Crippen LogP contribution in [0.25, 0.3) is 0 Å². The highest BCUT2D eigenvalue weighted by Gasteiger charge is 2.31. The molecule has 0 saturated carbocycles. The quantitative estimate of drug-likeness (QED) is 0.398. The van der Waals surface area contributed by atoms with Crippen LogP contribution in [0.1, 0.15) is 11.1 Å². The molecule has 2 aromatic rings. The van der Waals surface area contributed by atoms with E-state index >= 15 is 0 Å². The lowest BCUT2D eigenvalue weighted by atomic mass is 10.2.